The van der Waals surface area contributed by atoms with Gasteiger partial charge in [0.1, 0.15) is 0 Å². The van der Waals surface area contributed by atoms with Crippen molar-refractivity contribution in [2.75, 3.05) is 20.8 Å². The molecular formula is C9H19NO2. The van der Waals surface area contributed by atoms with Crippen molar-refractivity contribution >= 4 is 5.91 Å². The van der Waals surface area contributed by atoms with Crippen LogP contribution in [0.15, 0.2) is 0 Å². The van der Waals surface area contributed by atoms with Crippen LogP contribution < -0.4 is 0 Å². The van der Waals surface area contributed by atoms with E-state index in [0.717, 1.165) is 0 Å². The molecule has 0 atom stereocenters. The Morgan fingerprint density at radius 2 is 1.92 bits per heavy atom. The Morgan fingerprint density at radius 1 is 1.42 bits per heavy atom. The van der Waals surface area contributed by atoms with Crippen LogP contribution in [-0.4, -0.2) is 37.1 Å². The van der Waals surface area contributed by atoms with Crippen molar-refractivity contribution in [3.63, 3.8) is 0 Å². The highest BCUT2D eigenvalue weighted by Crippen LogP contribution is 2.11. The molecule has 0 aromatic carbocycles. The van der Waals surface area contributed by atoms with Gasteiger partial charge in [-0.3, -0.25) is 4.79 Å². The molecule has 0 radical (unpaired) electrons. The molecule has 12 heavy (non-hydrogen) atoms. The molecule has 0 saturated heterocycles. The van der Waals surface area contributed by atoms with Gasteiger partial charge in [0.25, 0.3) is 0 Å². The van der Waals surface area contributed by atoms with Crippen molar-refractivity contribution in [2.24, 2.45) is 0 Å². The highest BCUT2D eigenvalue weighted by molar-refractivity contribution is 5.76. The summed E-state index contributed by atoms with van der Waals surface area (Å²) in [5.41, 5.74) is -0.0924. The molecule has 3 nitrogen and oxygen atoms in total. The zero-order valence-corrected chi connectivity index (χ0v) is 8.68. The van der Waals surface area contributed by atoms with E-state index in [0.29, 0.717) is 13.0 Å². The smallest absolute Gasteiger partial charge is 0.225 e. The van der Waals surface area contributed by atoms with Crippen LogP contribution in [0.4, 0.5) is 0 Å². The van der Waals surface area contributed by atoms with Gasteiger partial charge in [0.05, 0.1) is 13.0 Å². The minimum atomic E-state index is -0.0924. The third kappa shape index (κ3) is 3.72. The normalized spacial score (nSPS) is 11.4. The third-order valence-electron chi connectivity index (χ3n) is 1.90. The van der Waals surface area contributed by atoms with Crippen LogP contribution in [0.25, 0.3) is 0 Å². The number of carbonyl (C=O) groups is 1. The molecule has 0 bridgehead atoms. The van der Waals surface area contributed by atoms with Crippen molar-refractivity contribution in [1.29, 1.82) is 0 Å². The molecule has 0 heterocycles. The van der Waals surface area contributed by atoms with E-state index in [4.69, 9.17) is 4.74 Å². The number of ether oxygens (including phenoxy) is 1. The van der Waals surface area contributed by atoms with Crippen LogP contribution in [0, 0.1) is 0 Å². The Morgan fingerprint density at radius 3 is 2.25 bits per heavy atom. The zero-order chi connectivity index (χ0) is 9.78. The van der Waals surface area contributed by atoms with E-state index in [1.165, 1.54) is 0 Å². The van der Waals surface area contributed by atoms with Gasteiger partial charge in [-0.15, -0.1) is 0 Å². The first-order valence-corrected chi connectivity index (χ1v) is 4.15. The van der Waals surface area contributed by atoms with Crippen molar-refractivity contribution < 1.29 is 9.53 Å². The van der Waals surface area contributed by atoms with Crippen LogP contribution in [-0.2, 0) is 9.53 Å². The second-order valence-electron chi connectivity index (χ2n) is 3.87. The van der Waals surface area contributed by atoms with Gasteiger partial charge in [0.15, 0.2) is 0 Å². The van der Waals surface area contributed by atoms with E-state index in [9.17, 15) is 4.79 Å². The van der Waals surface area contributed by atoms with Gasteiger partial charge in [-0.25, -0.2) is 0 Å². The fourth-order valence-corrected chi connectivity index (χ4v) is 0.731. The van der Waals surface area contributed by atoms with Gasteiger partial charge in [-0.1, -0.05) is 0 Å². The van der Waals surface area contributed by atoms with Gasteiger partial charge < -0.3 is 9.64 Å². The molecule has 72 valence electrons. The van der Waals surface area contributed by atoms with Crippen molar-refractivity contribution in [2.45, 2.75) is 32.7 Å². The molecule has 1 amide bonds. The average molecular weight is 173 g/mol. The minimum Gasteiger partial charge on any atom is -0.384 e. The van der Waals surface area contributed by atoms with Crippen molar-refractivity contribution in [3.05, 3.63) is 0 Å². The van der Waals surface area contributed by atoms with Crippen LogP contribution in [0.5, 0.6) is 0 Å². The standard InChI is InChI=1S/C9H19NO2/c1-9(2,3)10(4)8(11)6-7-12-5/h6-7H2,1-5H3. The Bertz CT molecular complexity index is 149. The van der Waals surface area contributed by atoms with Crippen LogP contribution >= 0.6 is 0 Å². The summed E-state index contributed by atoms with van der Waals surface area (Å²) in [6.45, 7) is 6.53. The molecule has 0 aliphatic heterocycles. The molecule has 0 rings (SSSR count). The molecule has 0 N–H and O–H groups in total. The topological polar surface area (TPSA) is 29.5 Å². The number of nitrogens with zero attached hydrogens (tertiary/aromatic N) is 1. The SMILES string of the molecule is COCCC(=O)N(C)C(C)(C)C. The maximum atomic E-state index is 11.4. The van der Waals surface area contributed by atoms with E-state index in [-0.39, 0.29) is 11.4 Å². The van der Waals surface area contributed by atoms with Gasteiger partial charge in [-0.05, 0) is 20.8 Å². The van der Waals surface area contributed by atoms with E-state index >= 15 is 0 Å². The summed E-state index contributed by atoms with van der Waals surface area (Å²) < 4.78 is 4.83. The first-order valence-electron chi connectivity index (χ1n) is 4.15. The predicted molar refractivity (Wildman–Crippen MR) is 49.0 cm³/mol. The largest absolute Gasteiger partial charge is 0.384 e. The lowest BCUT2D eigenvalue weighted by Gasteiger charge is -2.32. The fourth-order valence-electron chi connectivity index (χ4n) is 0.731. The maximum absolute atomic E-state index is 11.4. The Kier molecular flexibility index (Phi) is 4.24. The Hall–Kier alpha value is -0.570. The summed E-state index contributed by atoms with van der Waals surface area (Å²) in [7, 11) is 3.42. The van der Waals surface area contributed by atoms with E-state index in [1.54, 1.807) is 12.0 Å². The highest BCUT2D eigenvalue weighted by atomic mass is 16.5. The zero-order valence-electron chi connectivity index (χ0n) is 8.68. The number of methoxy groups -OCH3 is 1. The monoisotopic (exact) mass is 173 g/mol. The third-order valence-corrected chi connectivity index (χ3v) is 1.90. The number of hydrogen-bond acceptors (Lipinski definition) is 2. The highest BCUT2D eigenvalue weighted by Gasteiger charge is 2.21. The fraction of sp³-hybridized carbons (Fsp3) is 0.889. The Labute approximate surface area is 74.7 Å². The molecule has 0 spiro atoms. The Balaban J connectivity index is 3.94. The van der Waals surface area contributed by atoms with Crippen LogP contribution in [0.2, 0.25) is 0 Å². The number of amides is 1. The van der Waals surface area contributed by atoms with Gasteiger partial charge in [0, 0.05) is 19.7 Å². The molecule has 0 fully saturated rings. The summed E-state index contributed by atoms with van der Waals surface area (Å²) in [5, 5.41) is 0. The summed E-state index contributed by atoms with van der Waals surface area (Å²) in [6.07, 6.45) is 0.463. The first-order chi connectivity index (χ1) is 5.39. The lowest BCUT2D eigenvalue weighted by atomic mass is 10.1. The molecule has 0 unspecified atom stereocenters. The number of hydrogen-bond donors (Lipinski definition) is 0. The summed E-state index contributed by atoms with van der Waals surface area (Å²) in [4.78, 5) is 13.1. The second kappa shape index (κ2) is 4.45. The summed E-state index contributed by atoms with van der Waals surface area (Å²) in [6, 6.07) is 0. The lowest BCUT2D eigenvalue weighted by Crippen LogP contribution is -2.42. The molecule has 0 aliphatic carbocycles. The molecule has 0 aromatic rings. The number of rotatable bonds is 3. The van der Waals surface area contributed by atoms with E-state index in [2.05, 4.69) is 0 Å². The van der Waals surface area contributed by atoms with Gasteiger partial charge >= 0.3 is 0 Å². The first kappa shape index (κ1) is 11.4. The quantitative estimate of drug-likeness (QED) is 0.643. The van der Waals surface area contributed by atoms with Crippen molar-refractivity contribution in [1.82, 2.24) is 4.90 Å². The maximum Gasteiger partial charge on any atom is 0.225 e. The number of carbonyl (C=O) groups excluding carboxylic acids is 1. The lowest BCUT2D eigenvalue weighted by molar-refractivity contribution is -0.134. The van der Waals surface area contributed by atoms with Gasteiger partial charge in [-0.2, -0.15) is 0 Å². The van der Waals surface area contributed by atoms with Crippen molar-refractivity contribution in [3.8, 4) is 0 Å². The molecule has 0 saturated carbocycles. The predicted octanol–water partition coefficient (Wildman–Crippen LogP) is 1.28. The summed E-state index contributed by atoms with van der Waals surface area (Å²) in [5.74, 6) is 0.129. The minimum absolute atomic E-state index is 0.0924. The molecule has 0 aliphatic rings. The molecule has 0 aromatic heterocycles. The second-order valence-corrected chi connectivity index (χ2v) is 3.87. The van der Waals surface area contributed by atoms with E-state index < -0.39 is 0 Å². The van der Waals surface area contributed by atoms with E-state index in [1.807, 2.05) is 27.8 Å². The van der Waals surface area contributed by atoms with Crippen LogP contribution in [0.3, 0.4) is 0 Å². The van der Waals surface area contributed by atoms with Crippen LogP contribution in [0.1, 0.15) is 27.2 Å². The summed E-state index contributed by atoms with van der Waals surface area (Å²) >= 11 is 0. The average Bonchev–Trinajstić information content (AvgIpc) is 1.97. The van der Waals surface area contributed by atoms with Gasteiger partial charge in [0.2, 0.25) is 5.91 Å². The molecule has 3 heteroatoms. The molecular weight excluding hydrogens is 154 g/mol.